The molecule has 0 spiro atoms. The van der Waals surface area contributed by atoms with Crippen molar-refractivity contribution in [1.82, 2.24) is 0 Å². The number of nitrogens with one attached hydrogen (secondary N) is 2. The second-order valence-corrected chi connectivity index (χ2v) is 5.45. The van der Waals surface area contributed by atoms with E-state index in [1.807, 2.05) is 36.4 Å². The van der Waals surface area contributed by atoms with Crippen molar-refractivity contribution in [3.63, 3.8) is 0 Å². The van der Waals surface area contributed by atoms with Crippen molar-refractivity contribution in [3.8, 4) is 11.5 Å². The number of carbonyl (C=O) groups is 1. The molecule has 0 saturated heterocycles. The fourth-order valence-corrected chi connectivity index (χ4v) is 2.84. The molecular formula is C17H16N2O3. The lowest BCUT2D eigenvalue weighted by Crippen LogP contribution is -2.33. The monoisotopic (exact) mass is 296 g/mol. The molecule has 4 rings (SSSR count). The lowest BCUT2D eigenvalue weighted by atomic mass is 10.1. The first-order valence-electron chi connectivity index (χ1n) is 7.34. The van der Waals surface area contributed by atoms with Crippen LogP contribution in [0.4, 0.5) is 11.4 Å². The van der Waals surface area contributed by atoms with Crippen molar-refractivity contribution in [1.29, 1.82) is 0 Å². The number of carbonyl (C=O) groups excluding carboxylic acids is 1. The van der Waals surface area contributed by atoms with E-state index in [0.29, 0.717) is 5.75 Å². The number of amides is 1. The van der Waals surface area contributed by atoms with E-state index in [0.717, 1.165) is 30.0 Å². The minimum absolute atomic E-state index is 0.0115. The summed E-state index contributed by atoms with van der Waals surface area (Å²) in [7, 11) is 0. The van der Waals surface area contributed by atoms with Gasteiger partial charge in [-0.1, -0.05) is 18.2 Å². The average Bonchev–Trinajstić information content (AvgIpc) is 2.93. The Labute approximate surface area is 128 Å². The predicted octanol–water partition coefficient (Wildman–Crippen LogP) is 2.78. The van der Waals surface area contributed by atoms with Crippen molar-refractivity contribution in [2.24, 2.45) is 0 Å². The Balaban J connectivity index is 1.53. The number of benzene rings is 2. The summed E-state index contributed by atoms with van der Waals surface area (Å²) < 4.78 is 10.7. The fourth-order valence-electron chi connectivity index (χ4n) is 2.84. The summed E-state index contributed by atoms with van der Waals surface area (Å²) in [5.41, 5.74) is 2.93. The van der Waals surface area contributed by atoms with Crippen molar-refractivity contribution in [3.05, 3.63) is 48.0 Å². The van der Waals surface area contributed by atoms with Gasteiger partial charge in [-0.2, -0.15) is 0 Å². The predicted molar refractivity (Wildman–Crippen MR) is 83.4 cm³/mol. The minimum Gasteiger partial charge on any atom is -0.454 e. The van der Waals surface area contributed by atoms with Crippen LogP contribution in [0, 0.1) is 0 Å². The highest BCUT2D eigenvalue weighted by Crippen LogP contribution is 2.34. The van der Waals surface area contributed by atoms with E-state index in [1.165, 1.54) is 5.56 Å². The van der Waals surface area contributed by atoms with Gasteiger partial charge in [-0.25, -0.2) is 0 Å². The van der Waals surface area contributed by atoms with Crippen LogP contribution in [0.1, 0.15) is 12.0 Å². The van der Waals surface area contributed by atoms with Crippen LogP contribution in [0.25, 0.3) is 0 Å². The van der Waals surface area contributed by atoms with E-state index in [4.69, 9.17) is 9.47 Å². The summed E-state index contributed by atoms with van der Waals surface area (Å²) in [6.07, 6.45) is 1.61. The van der Waals surface area contributed by atoms with E-state index in [1.54, 1.807) is 0 Å². The minimum atomic E-state index is -0.271. The quantitative estimate of drug-likeness (QED) is 0.894. The Bertz CT molecular complexity index is 730. The third-order valence-electron chi connectivity index (χ3n) is 4.01. The molecule has 5 nitrogen and oxygen atoms in total. The number of hydrogen-bond donors (Lipinski definition) is 2. The van der Waals surface area contributed by atoms with Gasteiger partial charge in [-0.3, -0.25) is 4.79 Å². The van der Waals surface area contributed by atoms with E-state index in [9.17, 15) is 4.79 Å². The largest absolute Gasteiger partial charge is 0.454 e. The van der Waals surface area contributed by atoms with Crippen LogP contribution in [-0.4, -0.2) is 18.7 Å². The first-order valence-corrected chi connectivity index (χ1v) is 7.34. The molecule has 22 heavy (non-hydrogen) atoms. The summed E-state index contributed by atoms with van der Waals surface area (Å²) in [5, 5.41) is 6.28. The zero-order valence-electron chi connectivity index (χ0n) is 12.0. The molecule has 112 valence electrons. The smallest absolute Gasteiger partial charge is 0.246 e. The van der Waals surface area contributed by atoms with Gasteiger partial charge in [0.15, 0.2) is 11.5 Å². The number of ether oxygens (including phenoxy) is 2. The maximum atomic E-state index is 12.4. The molecule has 1 unspecified atom stereocenters. The molecule has 2 aromatic carbocycles. The molecule has 0 radical (unpaired) electrons. The van der Waals surface area contributed by atoms with Crippen LogP contribution in [0.3, 0.4) is 0 Å². The number of para-hydroxylation sites is 1. The molecule has 5 heteroatoms. The first kappa shape index (κ1) is 13.0. The van der Waals surface area contributed by atoms with Crippen molar-refractivity contribution in [2.45, 2.75) is 18.9 Å². The summed E-state index contributed by atoms with van der Waals surface area (Å²) in [6, 6.07) is 13.3. The molecule has 2 aliphatic rings. The second-order valence-electron chi connectivity index (χ2n) is 5.45. The summed E-state index contributed by atoms with van der Waals surface area (Å²) >= 11 is 0. The van der Waals surface area contributed by atoms with Crippen LogP contribution in [-0.2, 0) is 11.2 Å². The maximum absolute atomic E-state index is 12.4. The lowest BCUT2D eigenvalue weighted by molar-refractivity contribution is -0.116. The van der Waals surface area contributed by atoms with Gasteiger partial charge in [0.05, 0.1) is 0 Å². The third-order valence-corrected chi connectivity index (χ3v) is 4.01. The Morgan fingerprint density at radius 2 is 1.95 bits per heavy atom. The van der Waals surface area contributed by atoms with E-state index in [2.05, 4.69) is 16.7 Å². The molecule has 1 atom stereocenters. The van der Waals surface area contributed by atoms with E-state index in [-0.39, 0.29) is 18.7 Å². The van der Waals surface area contributed by atoms with Gasteiger partial charge in [0.1, 0.15) is 6.04 Å². The van der Waals surface area contributed by atoms with Gasteiger partial charge in [0, 0.05) is 17.4 Å². The molecule has 0 bridgehead atoms. The molecule has 2 aliphatic heterocycles. The molecule has 0 aliphatic carbocycles. The zero-order chi connectivity index (χ0) is 14.9. The number of aryl methyl sites for hydroxylation is 1. The van der Waals surface area contributed by atoms with Crippen molar-refractivity contribution in [2.75, 3.05) is 17.4 Å². The number of anilines is 2. The highest BCUT2D eigenvalue weighted by molar-refractivity contribution is 5.98. The third kappa shape index (κ3) is 2.35. The van der Waals surface area contributed by atoms with Crippen molar-refractivity contribution >= 4 is 17.3 Å². The maximum Gasteiger partial charge on any atom is 0.246 e. The highest BCUT2D eigenvalue weighted by atomic mass is 16.7. The number of hydrogen-bond acceptors (Lipinski definition) is 4. The van der Waals surface area contributed by atoms with Gasteiger partial charge < -0.3 is 20.1 Å². The highest BCUT2D eigenvalue weighted by Gasteiger charge is 2.24. The van der Waals surface area contributed by atoms with Crippen LogP contribution in [0.2, 0.25) is 0 Å². The zero-order valence-corrected chi connectivity index (χ0v) is 12.0. The molecule has 0 fully saturated rings. The normalized spacial score (nSPS) is 19.1. The van der Waals surface area contributed by atoms with Crippen molar-refractivity contribution < 1.29 is 14.3 Å². The number of fused-ring (bicyclic) bond motifs is 2. The molecular weight excluding hydrogens is 280 g/mol. The van der Waals surface area contributed by atoms with Gasteiger partial charge in [0.2, 0.25) is 12.7 Å². The van der Waals surface area contributed by atoms with E-state index >= 15 is 0 Å². The van der Waals surface area contributed by atoms with Crippen LogP contribution >= 0.6 is 0 Å². The second kappa shape index (κ2) is 5.26. The van der Waals surface area contributed by atoms with E-state index < -0.39 is 0 Å². The molecule has 2 aromatic rings. The lowest BCUT2D eigenvalue weighted by Gasteiger charge is -2.16. The molecule has 2 heterocycles. The molecule has 0 saturated carbocycles. The Kier molecular flexibility index (Phi) is 3.11. The van der Waals surface area contributed by atoms with Crippen LogP contribution < -0.4 is 20.1 Å². The Morgan fingerprint density at radius 3 is 2.91 bits per heavy atom. The molecule has 1 amide bonds. The standard InChI is InChI=1S/C17H16N2O3/c20-17-14(7-5-11-3-1-2-4-13(11)19-17)18-12-6-8-15-16(9-12)22-10-21-15/h1-4,6,8-9,14,18H,5,7,10H2,(H,19,20). The van der Waals surface area contributed by atoms with Gasteiger partial charge in [-0.05, 0) is 36.6 Å². The average molecular weight is 296 g/mol. The fraction of sp³-hybridized carbons (Fsp3) is 0.235. The topological polar surface area (TPSA) is 59.6 Å². The first-order chi connectivity index (χ1) is 10.8. The van der Waals surface area contributed by atoms with Crippen LogP contribution in [0.5, 0.6) is 11.5 Å². The summed E-state index contributed by atoms with van der Waals surface area (Å²) in [5.74, 6) is 1.44. The summed E-state index contributed by atoms with van der Waals surface area (Å²) in [4.78, 5) is 12.4. The Hall–Kier alpha value is -2.69. The van der Waals surface area contributed by atoms with Gasteiger partial charge in [-0.15, -0.1) is 0 Å². The molecule has 2 N–H and O–H groups in total. The summed E-state index contributed by atoms with van der Waals surface area (Å²) in [6.45, 7) is 0.248. The van der Waals surface area contributed by atoms with Crippen LogP contribution in [0.15, 0.2) is 42.5 Å². The van der Waals surface area contributed by atoms with Gasteiger partial charge >= 0.3 is 0 Å². The Morgan fingerprint density at radius 1 is 1.09 bits per heavy atom. The molecule has 0 aromatic heterocycles. The van der Waals surface area contributed by atoms with Gasteiger partial charge in [0.25, 0.3) is 0 Å². The SMILES string of the molecule is O=C1Nc2ccccc2CCC1Nc1ccc2c(c1)OCO2. The number of rotatable bonds is 2.